The lowest BCUT2D eigenvalue weighted by atomic mass is 10.2. The van der Waals surface area contributed by atoms with Crippen LogP contribution in [0.2, 0.25) is 5.02 Å². The predicted molar refractivity (Wildman–Crippen MR) is 89.4 cm³/mol. The van der Waals surface area contributed by atoms with Gasteiger partial charge in [0, 0.05) is 17.1 Å². The van der Waals surface area contributed by atoms with Gasteiger partial charge in [-0.25, -0.2) is 0 Å². The zero-order chi connectivity index (χ0) is 17.0. The molecule has 0 aliphatic carbocycles. The molecule has 2 aromatic rings. The first kappa shape index (κ1) is 17.6. The summed E-state index contributed by atoms with van der Waals surface area (Å²) < 4.78 is 10.5. The number of rotatable bonds is 5. The third-order valence-corrected chi connectivity index (χ3v) is 3.85. The number of carbonyl (C=O) groups is 2. The Balaban J connectivity index is 2.25. The number of carbonyl (C=O) groups excluding carboxylic acids is 2. The molecule has 2 rings (SSSR count). The van der Waals surface area contributed by atoms with Gasteiger partial charge in [0.15, 0.2) is 10.4 Å². The third kappa shape index (κ3) is 4.59. The highest BCUT2D eigenvalue weighted by Crippen LogP contribution is 2.22. The second-order valence-corrected chi connectivity index (χ2v) is 6.14. The summed E-state index contributed by atoms with van der Waals surface area (Å²) in [5, 5.41) is 0.602. The summed E-state index contributed by atoms with van der Waals surface area (Å²) in [5.74, 6) is -0.695. The van der Waals surface area contributed by atoms with Crippen LogP contribution in [-0.2, 0) is 16.1 Å². The summed E-state index contributed by atoms with van der Waals surface area (Å²) in [6.45, 7) is 1.83. The monoisotopic (exact) mass is 399 g/mol. The molecule has 0 unspecified atom stereocenters. The van der Waals surface area contributed by atoms with Crippen LogP contribution >= 0.6 is 27.5 Å². The minimum absolute atomic E-state index is 0.171. The third-order valence-electron chi connectivity index (χ3n) is 3.20. The van der Waals surface area contributed by atoms with Crippen LogP contribution in [0.3, 0.4) is 0 Å². The van der Waals surface area contributed by atoms with E-state index in [0.29, 0.717) is 15.3 Å². The number of hydrogen-bond donors (Lipinski definition) is 0. The Kier molecular flexibility index (Phi) is 5.85. The van der Waals surface area contributed by atoms with Crippen molar-refractivity contribution in [3.63, 3.8) is 0 Å². The van der Waals surface area contributed by atoms with Gasteiger partial charge < -0.3 is 14.1 Å². The number of ether oxygens (including phenoxy) is 1. The van der Waals surface area contributed by atoms with E-state index in [1.54, 1.807) is 37.3 Å². The normalized spacial score (nSPS) is 10.4. The Morgan fingerprint density at radius 2 is 1.96 bits per heavy atom. The summed E-state index contributed by atoms with van der Waals surface area (Å²) in [4.78, 5) is 25.7. The number of hydrogen-bond acceptors (Lipinski definition) is 4. The molecular formula is C16H15BrClNO4. The molecule has 122 valence electrons. The average Bonchev–Trinajstić information content (AvgIpc) is 2.86. The standard InChI is InChI=1S/C16H15BrClNO4/c1-10-7-13(17)23-15(10)16(21)19(9-14(20)22-2)8-11-3-5-12(18)6-4-11/h3-7H,8-9H2,1-2H3. The maximum Gasteiger partial charge on any atom is 0.325 e. The topological polar surface area (TPSA) is 59.8 Å². The van der Waals surface area contributed by atoms with Gasteiger partial charge in [-0.05, 0) is 46.6 Å². The molecule has 1 heterocycles. The zero-order valence-corrected chi connectivity index (χ0v) is 15.0. The molecule has 0 spiro atoms. The highest BCUT2D eigenvalue weighted by atomic mass is 79.9. The fourth-order valence-electron chi connectivity index (χ4n) is 2.03. The van der Waals surface area contributed by atoms with Gasteiger partial charge in [0.25, 0.3) is 5.91 Å². The van der Waals surface area contributed by atoms with Crippen molar-refractivity contribution in [1.29, 1.82) is 0 Å². The second kappa shape index (κ2) is 7.66. The van der Waals surface area contributed by atoms with Crippen LogP contribution in [0.5, 0.6) is 0 Å². The first-order valence-corrected chi connectivity index (χ1v) is 7.94. The molecule has 0 N–H and O–H groups in total. The van der Waals surface area contributed by atoms with Crippen LogP contribution in [0.25, 0.3) is 0 Å². The van der Waals surface area contributed by atoms with Crippen molar-refractivity contribution in [2.75, 3.05) is 13.7 Å². The Hall–Kier alpha value is -1.79. The Morgan fingerprint density at radius 3 is 2.48 bits per heavy atom. The predicted octanol–water partition coefficient (Wildman–Crippen LogP) is 3.82. The fraction of sp³-hybridized carbons (Fsp3) is 0.250. The van der Waals surface area contributed by atoms with Crippen molar-refractivity contribution >= 4 is 39.4 Å². The van der Waals surface area contributed by atoms with E-state index in [1.807, 2.05) is 0 Å². The van der Waals surface area contributed by atoms with Crippen molar-refractivity contribution in [3.05, 3.63) is 56.9 Å². The second-order valence-electron chi connectivity index (χ2n) is 4.93. The van der Waals surface area contributed by atoms with Gasteiger partial charge in [-0.3, -0.25) is 9.59 Å². The number of halogens is 2. The van der Waals surface area contributed by atoms with Crippen molar-refractivity contribution in [2.45, 2.75) is 13.5 Å². The molecule has 1 amide bonds. The summed E-state index contributed by atoms with van der Waals surface area (Å²) in [5.41, 5.74) is 1.53. The molecule has 0 aliphatic rings. The molecule has 5 nitrogen and oxygen atoms in total. The van der Waals surface area contributed by atoms with Crippen LogP contribution in [0.4, 0.5) is 0 Å². The fourth-order valence-corrected chi connectivity index (χ4v) is 2.66. The number of aryl methyl sites for hydroxylation is 1. The lowest BCUT2D eigenvalue weighted by Crippen LogP contribution is -2.35. The number of benzene rings is 1. The molecule has 0 fully saturated rings. The minimum Gasteiger partial charge on any atom is -0.468 e. The quantitative estimate of drug-likeness (QED) is 0.716. The first-order chi connectivity index (χ1) is 10.9. The van der Waals surface area contributed by atoms with Gasteiger partial charge in [-0.1, -0.05) is 23.7 Å². The van der Waals surface area contributed by atoms with Crippen molar-refractivity contribution in [1.82, 2.24) is 4.90 Å². The average molecular weight is 401 g/mol. The number of furan rings is 1. The highest BCUT2D eigenvalue weighted by molar-refractivity contribution is 9.10. The maximum absolute atomic E-state index is 12.7. The summed E-state index contributed by atoms with van der Waals surface area (Å²) in [6, 6.07) is 8.75. The van der Waals surface area contributed by atoms with Crippen LogP contribution < -0.4 is 0 Å². The van der Waals surface area contributed by atoms with Gasteiger partial charge in [0.05, 0.1) is 7.11 Å². The molecule has 23 heavy (non-hydrogen) atoms. The van der Waals surface area contributed by atoms with E-state index in [0.717, 1.165) is 5.56 Å². The van der Waals surface area contributed by atoms with E-state index < -0.39 is 5.97 Å². The minimum atomic E-state index is -0.504. The van der Waals surface area contributed by atoms with Crippen LogP contribution in [-0.4, -0.2) is 30.4 Å². The molecular weight excluding hydrogens is 386 g/mol. The van der Waals surface area contributed by atoms with E-state index in [9.17, 15) is 9.59 Å². The molecule has 0 saturated carbocycles. The van der Waals surface area contributed by atoms with Gasteiger partial charge in [-0.15, -0.1) is 0 Å². The largest absolute Gasteiger partial charge is 0.468 e. The number of methoxy groups -OCH3 is 1. The van der Waals surface area contributed by atoms with E-state index in [2.05, 4.69) is 20.7 Å². The maximum atomic E-state index is 12.7. The Labute approximate surface area is 147 Å². The molecule has 1 aromatic carbocycles. The smallest absolute Gasteiger partial charge is 0.325 e. The van der Waals surface area contributed by atoms with E-state index in [-0.39, 0.29) is 24.8 Å². The molecule has 0 saturated heterocycles. The van der Waals surface area contributed by atoms with Gasteiger partial charge in [0.2, 0.25) is 0 Å². The molecule has 0 aliphatic heterocycles. The number of amides is 1. The molecule has 0 atom stereocenters. The highest BCUT2D eigenvalue weighted by Gasteiger charge is 2.24. The van der Waals surface area contributed by atoms with E-state index in [4.69, 9.17) is 16.0 Å². The van der Waals surface area contributed by atoms with Crippen molar-refractivity contribution < 1.29 is 18.7 Å². The van der Waals surface area contributed by atoms with Crippen LogP contribution in [0, 0.1) is 6.92 Å². The lowest BCUT2D eigenvalue weighted by Gasteiger charge is -2.21. The Bertz CT molecular complexity index is 711. The molecule has 0 bridgehead atoms. The summed E-state index contributed by atoms with van der Waals surface area (Å²) >= 11 is 9.06. The van der Waals surface area contributed by atoms with E-state index in [1.165, 1.54) is 12.0 Å². The van der Waals surface area contributed by atoms with Gasteiger partial charge in [-0.2, -0.15) is 0 Å². The van der Waals surface area contributed by atoms with Crippen LogP contribution in [0.15, 0.2) is 39.4 Å². The number of nitrogens with zero attached hydrogens (tertiary/aromatic N) is 1. The zero-order valence-electron chi connectivity index (χ0n) is 12.6. The van der Waals surface area contributed by atoms with Gasteiger partial charge in [0.1, 0.15) is 6.54 Å². The summed E-state index contributed by atoms with van der Waals surface area (Å²) in [6.07, 6.45) is 0. The van der Waals surface area contributed by atoms with Crippen molar-refractivity contribution in [2.24, 2.45) is 0 Å². The molecule has 7 heteroatoms. The van der Waals surface area contributed by atoms with Crippen molar-refractivity contribution in [3.8, 4) is 0 Å². The molecule has 0 radical (unpaired) electrons. The summed E-state index contributed by atoms with van der Waals surface area (Å²) in [7, 11) is 1.28. The van der Waals surface area contributed by atoms with E-state index >= 15 is 0 Å². The van der Waals surface area contributed by atoms with Crippen LogP contribution in [0.1, 0.15) is 21.7 Å². The van der Waals surface area contributed by atoms with Gasteiger partial charge >= 0.3 is 5.97 Å². The molecule has 1 aromatic heterocycles. The first-order valence-electron chi connectivity index (χ1n) is 6.77. The SMILES string of the molecule is COC(=O)CN(Cc1ccc(Cl)cc1)C(=O)c1oc(Br)cc1C. The lowest BCUT2D eigenvalue weighted by molar-refractivity contribution is -0.141. The Morgan fingerprint density at radius 1 is 1.30 bits per heavy atom. The number of esters is 1.